The number of benzene rings is 1. The molecule has 0 spiro atoms. The lowest BCUT2D eigenvalue weighted by Gasteiger charge is -2.09. The predicted octanol–water partition coefficient (Wildman–Crippen LogP) is 2.87. The predicted molar refractivity (Wildman–Crippen MR) is 66.8 cm³/mol. The average molecular weight is 236 g/mol. The number of aliphatic hydroxyl groups excluding tert-OH is 1. The van der Waals surface area contributed by atoms with E-state index in [1.807, 2.05) is 6.07 Å². The van der Waals surface area contributed by atoms with Gasteiger partial charge in [0.25, 0.3) is 5.69 Å². The molecular weight excluding hydrogens is 218 g/mol. The van der Waals surface area contributed by atoms with E-state index in [1.165, 1.54) is 6.07 Å². The molecule has 1 aromatic rings. The summed E-state index contributed by atoms with van der Waals surface area (Å²) >= 11 is 0. The summed E-state index contributed by atoms with van der Waals surface area (Å²) in [5.41, 5.74) is 1.82. The summed E-state index contributed by atoms with van der Waals surface area (Å²) in [5, 5.41) is 19.9. The van der Waals surface area contributed by atoms with E-state index in [2.05, 4.69) is 6.92 Å². The number of hydrogen-bond acceptors (Lipinski definition) is 3. The highest BCUT2D eigenvalue weighted by molar-refractivity contribution is 5.44. The molecule has 1 rings (SSSR count). The minimum absolute atomic E-state index is 0.0750. The Morgan fingerprint density at radius 1 is 1.41 bits per heavy atom. The first-order chi connectivity index (χ1) is 8.08. The minimum atomic E-state index is -0.385. The highest BCUT2D eigenvalue weighted by Gasteiger charge is 2.13. The molecule has 4 heteroatoms. The molecule has 17 heavy (non-hydrogen) atoms. The zero-order chi connectivity index (χ0) is 12.8. The van der Waals surface area contributed by atoms with Gasteiger partial charge in [-0.2, -0.15) is 0 Å². The summed E-state index contributed by atoms with van der Waals surface area (Å²) in [6.45, 7) is 3.79. The second-order valence-electron chi connectivity index (χ2n) is 4.19. The smallest absolute Gasteiger partial charge is 0.269 e. The van der Waals surface area contributed by atoms with E-state index in [0.29, 0.717) is 0 Å². The quantitative estimate of drug-likeness (QED) is 0.610. The van der Waals surface area contributed by atoms with E-state index in [4.69, 9.17) is 5.11 Å². The molecule has 0 heterocycles. The maximum atomic E-state index is 10.8. The Morgan fingerprint density at radius 2 is 2.12 bits per heavy atom. The van der Waals surface area contributed by atoms with E-state index < -0.39 is 0 Å². The van der Waals surface area contributed by atoms with Crippen molar-refractivity contribution in [2.24, 2.45) is 0 Å². The Labute approximate surface area is 101 Å². The summed E-state index contributed by atoms with van der Waals surface area (Å²) < 4.78 is 0. The van der Waals surface area contributed by atoms with Gasteiger partial charge in [0.1, 0.15) is 0 Å². The van der Waals surface area contributed by atoms with Crippen LogP contribution in [0.1, 0.15) is 37.8 Å². The first-order valence-corrected chi connectivity index (χ1v) is 5.80. The van der Waals surface area contributed by atoms with Crippen LogP contribution in [0.25, 0.3) is 0 Å². The van der Waals surface area contributed by atoms with E-state index in [9.17, 15) is 10.1 Å². The molecule has 1 aromatic carbocycles. The van der Waals surface area contributed by atoms with E-state index in [-0.39, 0.29) is 17.2 Å². The zero-order valence-corrected chi connectivity index (χ0v) is 10.3. The third-order valence-electron chi connectivity index (χ3n) is 2.74. The Bertz CT molecular complexity index is 390. The Morgan fingerprint density at radius 3 is 2.65 bits per heavy atom. The number of nitro benzene ring substituents is 1. The van der Waals surface area contributed by atoms with Crippen molar-refractivity contribution in [1.29, 1.82) is 0 Å². The lowest BCUT2D eigenvalue weighted by atomic mass is 9.97. The Balaban J connectivity index is 3.05. The molecule has 1 radical (unpaired) electrons. The van der Waals surface area contributed by atoms with E-state index >= 15 is 0 Å². The Kier molecular flexibility index (Phi) is 5.10. The molecule has 1 N–H and O–H groups in total. The molecule has 93 valence electrons. The van der Waals surface area contributed by atoms with E-state index in [0.717, 1.165) is 36.3 Å². The molecule has 0 atom stereocenters. The molecule has 0 aliphatic carbocycles. The van der Waals surface area contributed by atoms with Crippen molar-refractivity contribution in [2.75, 3.05) is 6.61 Å². The van der Waals surface area contributed by atoms with Gasteiger partial charge in [-0.1, -0.05) is 26.3 Å². The van der Waals surface area contributed by atoms with Gasteiger partial charge in [0.2, 0.25) is 0 Å². The van der Waals surface area contributed by atoms with E-state index in [1.54, 1.807) is 13.0 Å². The van der Waals surface area contributed by atoms with Gasteiger partial charge >= 0.3 is 0 Å². The van der Waals surface area contributed by atoms with Crippen molar-refractivity contribution in [2.45, 2.75) is 33.1 Å². The number of nitrogens with zero attached hydrogens (tertiary/aromatic N) is 1. The fourth-order valence-electron chi connectivity index (χ4n) is 1.64. The Hall–Kier alpha value is -1.42. The van der Waals surface area contributed by atoms with Gasteiger partial charge in [0.05, 0.1) is 11.5 Å². The normalized spacial score (nSPS) is 10.8. The van der Waals surface area contributed by atoms with Crippen LogP contribution >= 0.6 is 0 Å². The second-order valence-corrected chi connectivity index (χ2v) is 4.19. The van der Waals surface area contributed by atoms with Crippen molar-refractivity contribution in [3.8, 4) is 0 Å². The lowest BCUT2D eigenvalue weighted by Crippen LogP contribution is -2.02. The molecule has 0 aliphatic heterocycles. The monoisotopic (exact) mass is 236 g/mol. The first-order valence-electron chi connectivity index (χ1n) is 5.80. The van der Waals surface area contributed by atoms with Crippen LogP contribution in [-0.4, -0.2) is 16.6 Å². The summed E-state index contributed by atoms with van der Waals surface area (Å²) in [6.07, 6.45) is 2.91. The molecule has 0 bridgehead atoms. The van der Waals surface area contributed by atoms with Crippen molar-refractivity contribution in [3.05, 3.63) is 45.4 Å². The summed E-state index contributed by atoms with van der Waals surface area (Å²) in [7, 11) is 0. The maximum absolute atomic E-state index is 10.8. The van der Waals surface area contributed by atoms with Gasteiger partial charge in [-0.15, -0.1) is 0 Å². The van der Waals surface area contributed by atoms with Gasteiger partial charge in [-0.3, -0.25) is 10.1 Å². The number of non-ortho nitro benzene ring substituents is 1. The van der Waals surface area contributed by atoms with Crippen LogP contribution in [0.5, 0.6) is 0 Å². The van der Waals surface area contributed by atoms with Gasteiger partial charge < -0.3 is 5.11 Å². The molecule has 0 aromatic heterocycles. The molecular formula is C13H18NO3. The van der Waals surface area contributed by atoms with Crippen molar-refractivity contribution < 1.29 is 10.0 Å². The van der Waals surface area contributed by atoms with Gasteiger partial charge in [-0.25, -0.2) is 0 Å². The van der Waals surface area contributed by atoms with Gasteiger partial charge in [0, 0.05) is 18.1 Å². The topological polar surface area (TPSA) is 63.4 Å². The van der Waals surface area contributed by atoms with Crippen LogP contribution in [0.3, 0.4) is 0 Å². The largest absolute Gasteiger partial charge is 0.395 e. The standard InChI is InChI=1S/C13H18NO3/c1-3-4-5-11-6-12(10(2)9-15)8-13(7-11)14(16)17/h6-8,15H,3-5,9H2,1-2H3. The molecule has 0 saturated carbocycles. The highest BCUT2D eigenvalue weighted by Crippen LogP contribution is 2.23. The van der Waals surface area contributed by atoms with Crippen LogP contribution < -0.4 is 0 Å². The molecule has 0 unspecified atom stereocenters. The minimum Gasteiger partial charge on any atom is -0.395 e. The fraction of sp³-hybridized carbons (Fsp3) is 0.462. The van der Waals surface area contributed by atoms with Crippen LogP contribution in [0.4, 0.5) is 5.69 Å². The third kappa shape index (κ3) is 3.82. The third-order valence-corrected chi connectivity index (χ3v) is 2.74. The molecule has 0 amide bonds. The molecule has 4 nitrogen and oxygen atoms in total. The number of aryl methyl sites for hydroxylation is 1. The lowest BCUT2D eigenvalue weighted by molar-refractivity contribution is -0.385. The second kappa shape index (κ2) is 6.35. The van der Waals surface area contributed by atoms with Crippen molar-refractivity contribution in [3.63, 3.8) is 0 Å². The number of aliphatic hydroxyl groups is 1. The molecule has 0 aliphatic rings. The van der Waals surface area contributed by atoms with Gasteiger partial charge in [-0.05, 0) is 24.0 Å². The number of rotatable bonds is 6. The van der Waals surface area contributed by atoms with Crippen molar-refractivity contribution >= 4 is 5.69 Å². The number of unbranched alkanes of at least 4 members (excludes halogenated alkanes) is 1. The molecule has 0 fully saturated rings. The number of hydrogen-bond donors (Lipinski definition) is 1. The van der Waals surface area contributed by atoms with Crippen molar-refractivity contribution in [1.82, 2.24) is 0 Å². The highest BCUT2D eigenvalue weighted by atomic mass is 16.6. The summed E-state index contributed by atoms with van der Waals surface area (Å²) in [4.78, 5) is 10.4. The SMILES string of the molecule is CCCCc1cc([C](C)CO)cc([N+](=O)[O-])c1. The van der Waals surface area contributed by atoms with Crippen LogP contribution in [0.2, 0.25) is 0 Å². The van der Waals surface area contributed by atoms with Crippen LogP contribution in [0.15, 0.2) is 18.2 Å². The molecule has 0 saturated heterocycles. The first kappa shape index (κ1) is 13.6. The summed E-state index contributed by atoms with van der Waals surface area (Å²) in [5.74, 6) is 0.756. The number of nitro groups is 1. The fourth-order valence-corrected chi connectivity index (χ4v) is 1.64. The van der Waals surface area contributed by atoms with Crippen LogP contribution in [0, 0.1) is 16.0 Å². The van der Waals surface area contributed by atoms with Crippen LogP contribution in [-0.2, 0) is 6.42 Å². The summed E-state index contributed by atoms with van der Waals surface area (Å²) in [6, 6.07) is 5.05. The van der Waals surface area contributed by atoms with Gasteiger partial charge in [0.15, 0.2) is 0 Å². The maximum Gasteiger partial charge on any atom is 0.269 e. The zero-order valence-electron chi connectivity index (χ0n) is 10.3. The average Bonchev–Trinajstić information content (AvgIpc) is 2.34.